The van der Waals surface area contributed by atoms with Gasteiger partial charge in [-0.15, -0.1) is 6.42 Å². The number of rotatable bonds is 3. The molecule has 4 nitrogen and oxygen atoms in total. The molecule has 1 aliphatic carbocycles. The number of hydrogen-bond donors (Lipinski definition) is 1. The molecule has 2 aliphatic rings. The molecule has 0 radical (unpaired) electrons. The molecule has 0 saturated heterocycles. The van der Waals surface area contributed by atoms with E-state index in [2.05, 4.69) is 5.92 Å². The largest absolute Gasteiger partial charge is 0.457 e. The Kier molecular flexibility index (Phi) is 5.86. The van der Waals surface area contributed by atoms with Crippen LogP contribution in [-0.4, -0.2) is 22.5 Å². The van der Waals surface area contributed by atoms with Gasteiger partial charge in [0.2, 0.25) is 5.79 Å². The molecule has 0 bridgehead atoms. The molecular weight excluding hydrogens is 268 g/mol. The zero-order valence-corrected chi connectivity index (χ0v) is 13.4. The summed E-state index contributed by atoms with van der Waals surface area (Å²) in [5.41, 5.74) is -1.24. The summed E-state index contributed by atoms with van der Waals surface area (Å²) in [4.78, 5) is 11.5. The minimum Gasteiger partial charge on any atom is -0.457 e. The lowest BCUT2D eigenvalue weighted by Crippen LogP contribution is -2.40. The van der Waals surface area contributed by atoms with Crippen molar-refractivity contribution in [2.45, 2.75) is 71.2 Å². The van der Waals surface area contributed by atoms with Gasteiger partial charge in [0.1, 0.15) is 11.4 Å². The fraction of sp³-hybridized carbons (Fsp3) is 0.706. The molecular formula is C17H26O4. The molecule has 0 aromatic carbocycles. The van der Waals surface area contributed by atoms with Crippen molar-refractivity contribution in [3.8, 4) is 12.3 Å². The molecule has 21 heavy (non-hydrogen) atoms. The van der Waals surface area contributed by atoms with Crippen LogP contribution in [0.15, 0.2) is 11.8 Å². The summed E-state index contributed by atoms with van der Waals surface area (Å²) in [5, 5.41) is 10.6. The summed E-state index contributed by atoms with van der Waals surface area (Å²) < 4.78 is 10.6. The number of carbonyl (C=O) groups excluding carboxylic acids is 1. The van der Waals surface area contributed by atoms with E-state index in [0.717, 1.165) is 25.7 Å². The number of aliphatic hydroxyl groups is 1. The standard InChI is InChI=1S/C15H20O4.C2H6/c1-4-15(17,11-7-5-6-8-11)10-12-9-13(16)19-14(2,3)18-12;1-2/h1,9,11,17H,5-8,10H2,2-3H3;1-2H3. The average Bonchev–Trinajstić information content (AvgIpc) is 2.93. The molecule has 1 fully saturated rings. The molecule has 0 spiro atoms. The maximum Gasteiger partial charge on any atom is 0.337 e. The van der Waals surface area contributed by atoms with Gasteiger partial charge in [0, 0.05) is 20.3 Å². The molecule has 1 atom stereocenters. The maximum absolute atomic E-state index is 11.5. The van der Waals surface area contributed by atoms with Crippen molar-refractivity contribution >= 4 is 5.97 Å². The highest BCUT2D eigenvalue weighted by Gasteiger charge is 2.40. The fourth-order valence-electron chi connectivity index (χ4n) is 2.84. The number of cyclic esters (lactones) is 1. The molecule has 2 rings (SSSR count). The van der Waals surface area contributed by atoms with Crippen molar-refractivity contribution in [2.75, 3.05) is 0 Å². The summed E-state index contributed by atoms with van der Waals surface area (Å²) in [5.74, 6) is 1.49. The Bertz CT molecular complexity index is 438. The van der Waals surface area contributed by atoms with Gasteiger partial charge in [0.15, 0.2) is 0 Å². The van der Waals surface area contributed by atoms with E-state index in [1.54, 1.807) is 13.8 Å². The summed E-state index contributed by atoms with van der Waals surface area (Å²) >= 11 is 0. The third kappa shape index (κ3) is 4.50. The Morgan fingerprint density at radius 2 is 1.95 bits per heavy atom. The Hall–Kier alpha value is -1.47. The summed E-state index contributed by atoms with van der Waals surface area (Å²) in [6, 6.07) is 0. The van der Waals surface area contributed by atoms with Gasteiger partial charge in [-0.3, -0.25) is 0 Å². The number of ether oxygens (including phenoxy) is 2. The normalized spacial score (nSPS) is 23.6. The van der Waals surface area contributed by atoms with Gasteiger partial charge in [-0.05, 0) is 18.8 Å². The zero-order valence-electron chi connectivity index (χ0n) is 13.4. The molecule has 1 saturated carbocycles. The van der Waals surface area contributed by atoms with Crippen molar-refractivity contribution in [2.24, 2.45) is 5.92 Å². The van der Waals surface area contributed by atoms with E-state index in [4.69, 9.17) is 15.9 Å². The van der Waals surface area contributed by atoms with Crippen LogP contribution in [0, 0.1) is 18.3 Å². The molecule has 0 aromatic heterocycles. The van der Waals surface area contributed by atoms with Gasteiger partial charge in [-0.2, -0.15) is 0 Å². The second-order valence-corrected chi connectivity index (χ2v) is 5.76. The minimum absolute atomic E-state index is 0.0723. The number of esters is 1. The van der Waals surface area contributed by atoms with Crippen molar-refractivity contribution in [1.82, 2.24) is 0 Å². The summed E-state index contributed by atoms with van der Waals surface area (Å²) in [6.45, 7) is 7.31. The van der Waals surface area contributed by atoms with E-state index in [9.17, 15) is 9.90 Å². The van der Waals surface area contributed by atoms with Crippen LogP contribution in [0.1, 0.15) is 59.8 Å². The third-order valence-electron chi connectivity index (χ3n) is 3.73. The molecule has 1 N–H and O–H groups in total. The van der Waals surface area contributed by atoms with Crippen LogP contribution in [0.25, 0.3) is 0 Å². The van der Waals surface area contributed by atoms with Gasteiger partial charge >= 0.3 is 5.97 Å². The molecule has 4 heteroatoms. The highest BCUT2D eigenvalue weighted by Crippen LogP contribution is 2.38. The van der Waals surface area contributed by atoms with E-state index in [-0.39, 0.29) is 12.3 Å². The number of carbonyl (C=O) groups is 1. The molecule has 1 heterocycles. The number of hydrogen-bond acceptors (Lipinski definition) is 4. The molecule has 1 aliphatic heterocycles. The van der Waals surface area contributed by atoms with Crippen molar-refractivity contribution in [3.63, 3.8) is 0 Å². The highest BCUT2D eigenvalue weighted by molar-refractivity contribution is 5.83. The molecule has 0 amide bonds. The van der Waals surface area contributed by atoms with Crippen LogP contribution >= 0.6 is 0 Å². The lowest BCUT2D eigenvalue weighted by atomic mass is 9.83. The van der Waals surface area contributed by atoms with Gasteiger partial charge in [-0.1, -0.05) is 32.6 Å². The van der Waals surface area contributed by atoms with E-state index < -0.39 is 17.4 Å². The molecule has 118 valence electrons. The Morgan fingerprint density at radius 3 is 2.43 bits per heavy atom. The smallest absolute Gasteiger partial charge is 0.337 e. The first-order valence-electron chi connectivity index (χ1n) is 7.67. The van der Waals surface area contributed by atoms with E-state index in [0.29, 0.717) is 5.76 Å². The topological polar surface area (TPSA) is 55.8 Å². The van der Waals surface area contributed by atoms with Crippen molar-refractivity contribution in [1.29, 1.82) is 0 Å². The Balaban J connectivity index is 0.00000106. The van der Waals surface area contributed by atoms with Crippen LogP contribution in [0.3, 0.4) is 0 Å². The van der Waals surface area contributed by atoms with Crippen molar-refractivity contribution < 1.29 is 19.4 Å². The quantitative estimate of drug-likeness (QED) is 0.641. The fourth-order valence-corrected chi connectivity index (χ4v) is 2.84. The lowest BCUT2D eigenvalue weighted by Gasteiger charge is -2.35. The van der Waals surface area contributed by atoms with Crippen LogP contribution in [0.5, 0.6) is 0 Å². The highest BCUT2D eigenvalue weighted by atomic mass is 16.7. The first kappa shape index (κ1) is 17.6. The predicted octanol–water partition coefficient (Wildman–Crippen LogP) is 3.15. The lowest BCUT2D eigenvalue weighted by molar-refractivity contribution is -0.207. The predicted molar refractivity (Wildman–Crippen MR) is 81.0 cm³/mol. The van der Waals surface area contributed by atoms with Gasteiger partial charge in [-0.25, -0.2) is 4.79 Å². The monoisotopic (exact) mass is 294 g/mol. The first-order chi connectivity index (χ1) is 9.85. The van der Waals surface area contributed by atoms with E-state index in [1.165, 1.54) is 6.08 Å². The zero-order chi connectivity index (χ0) is 16.1. The van der Waals surface area contributed by atoms with Crippen LogP contribution in [-0.2, 0) is 14.3 Å². The Morgan fingerprint density at radius 1 is 1.38 bits per heavy atom. The molecule has 0 aromatic rings. The van der Waals surface area contributed by atoms with Gasteiger partial charge < -0.3 is 14.6 Å². The summed E-state index contributed by atoms with van der Waals surface area (Å²) in [7, 11) is 0. The Labute approximate surface area is 127 Å². The SMILES string of the molecule is C#CC(O)(CC1=CC(=O)OC(C)(C)O1)C1CCCC1.CC. The average molecular weight is 294 g/mol. The van der Waals surface area contributed by atoms with E-state index >= 15 is 0 Å². The van der Waals surface area contributed by atoms with Gasteiger partial charge in [0.05, 0.1) is 6.08 Å². The summed E-state index contributed by atoms with van der Waals surface area (Å²) in [6.07, 6.45) is 10.9. The van der Waals surface area contributed by atoms with Crippen LogP contribution in [0.2, 0.25) is 0 Å². The number of terminal acetylenes is 1. The molecule has 1 unspecified atom stereocenters. The van der Waals surface area contributed by atoms with Crippen LogP contribution < -0.4 is 0 Å². The second kappa shape index (κ2) is 7.00. The van der Waals surface area contributed by atoms with E-state index in [1.807, 2.05) is 13.8 Å². The van der Waals surface area contributed by atoms with Crippen molar-refractivity contribution in [3.05, 3.63) is 11.8 Å². The first-order valence-corrected chi connectivity index (χ1v) is 7.67. The second-order valence-electron chi connectivity index (χ2n) is 5.76. The maximum atomic E-state index is 11.5. The van der Waals surface area contributed by atoms with Crippen LogP contribution in [0.4, 0.5) is 0 Å². The minimum atomic E-state index is -1.24. The third-order valence-corrected chi connectivity index (χ3v) is 3.73. The van der Waals surface area contributed by atoms with Gasteiger partial charge in [0.25, 0.3) is 0 Å².